The Morgan fingerprint density at radius 2 is 1.62 bits per heavy atom. The first-order chi connectivity index (χ1) is 15.2. The van der Waals surface area contributed by atoms with Crippen molar-refractivity contribution in [2.45, 2.75) is 66.1 Å². The standard InChI is InChI=1S/C25H32Cl2N2O3/c1-6-18(5)28-25(31)22(7-2)29(14-19-8-10-20(26)11-9-19)23(30)15-32-21-12-16(3)24(27)17(4)13-21/h8-13,18,22H,6-7,14-15H2,1-5H3,(H,28,31)/t18-,22-/m1/s1. The van der Waals surface area contributed by atoms with E-state index in [1.165, 1.54) is 0 Å². The van der Waals surface area contributed by atoms with Gasteiger partial charge in [0, 0.05) is 22.6 Å². The van der Waals surface area contributed by atoms with Gasteiger partial charge in [-0.2, -0.15) is 0 Å². The summed E-state index contributed by atoms with van der Waals surface area (Å²) in [5.41, 5.74) is 2.65. The van der Waals surface area contributed by atoms with Crippen molar-refractivity contribution < 1.29 is 14.3 Å². The maximum Gasteiger partial charge on any atom is 0.261 e. The first-order valence-corrected chi connectivity index (χ1v) is 11.7. The second-order valence-corrected chi connectivity index (χ2v) is 8.86. The fourth-order valence-corrected chi connectivity index (χ4v) is 3.60. The van der Waals surface area contributed by atoms with Crippen molar-refractivity contribution in [2.24, 2.45) is 0 Å². The molecular formula is C25H32Cl2N2O3. The molecule has 0 radical (unpaired) electrons. The Balaban J connectivity index is 2.24. The molecule has 0 aromatic heterocycles. The van der Waals surface area contributed by atoms with Gasteiger partial charge in [0.25, 0.3) is 5.91 Å². The van der Waals surface area contributed by atoms with Crippen LogP contribution in [0.25, 0.3) is 0 Å². The van der Waals surface area contributed by atoms with Crippen LogP contribution in [0.5, 0.6) is 5.75 Å². The molecule has 1 N–H and O–H groups in total. The van der Waals surface area contributed by atoms with Gasteiger partial charge in [0.05, 0.1) is 0 Å². The molecule has 0 unspecified atom stereocenters. The molecule has 2 amide bonds. The highest BCUT2D eigenvalue weighted by molar-refractivity contribution is 6.32. The van der Waals surface area contributed by atoms with Crippen molar-refractivity contribution in [2.75, 3.05) is 6.61 Å². The lowest BCUT2D eigenvalue weighted by Crippen LogP contribution is -2.51. The highest BCUT2D eigenvalue weighted by Crippen LogP contribution is 2.26. The van der Waals surface area contributed by atoms with Gasteiger partial charge in [-0.15, -0.1) is 0 Å². The zero-order valence-electron chi connectivity index (χ0n) is 19.4. The Morgan fingerprint density at radius 1 is 1.03 bits per heavy atom. The van der Waals surface area contributed by atoms with Crippen molar-refractivity contribution in [1.29, 1.82) is 0 Å². The van der Waals surface area contributed by atoms with E-state index < -0.39 is 6.04 Å². The molecule has 0 spiro atoms. The number of ether oxygens (including phenoxy) is 1. The smallest absolute Gasteiger partial charge is 0.261 e. The summed E-state index contributed by atoms with van der Waals surface area (Å²) in [6, 6.07) is 10.3. The van der Waals surface area contributed by atoms with Gasteiger partial charge in [0.2, 0.25) is 5.91 Å². The van der Waals surface area contributed by atoms with Gasteiger partial charge in [-0.05, 0) is 74.6 Å². The molecule has 32 heavy (non-hydrogen) atoms. The van der Waals surface area contributed by atoms with Crippen molar-refractivity contribution in [3.05, 3.63) is 63.1 Å². The molecule has 0 saturated heterocycles. The van der Waals surface area contributed by atoms with Gasteiger partial charge in [0.15, 0.2) is 6.61 Å². The third-order valence-corrected chi connectivity index (χ3v) is 6.27. The van der Waals surface area contributed by atoms with Crippen molar-refractivity contribution in [3.63, 3.8) is 0 Å². The number of halogens is 2. The number of nitrogens with zero attached hydrogens (tertiary/aromatic N) is 1. The van der Waals surface area contributed by atoms with Crippen LogP contribution in [-0.4, -0.2) is 35.4 Å². The number of carbonyl (C=O) groups excluding carboxylic acids is 2. The van der Waals surface area contributed by atoms with Crippen LogP contribution >= 0.6 is 23.2 Å². The molecule has 5 nitrogen and oxygen atoms in total. The topological polar surface area (TPSA) is 58.6 Å². The van der Waals surface area contributed by atoms with Crippen LogP contribution in [0.2, 0.25) is 10.0 Å². The third-order valence-electron chi connectivity index (χ3n) is 5.43. The van der Waals surface area contributed by atoms with E-state index in [1.807, 2.05) is 46.8 Å². The van der Waals surface area contributed by atoms with Crippen molar-refractivity contribution >= 4 is 35.0 Å². The average Bonchev–Trinajstić information content (AvgIpc) is 2.76. The number of rotatable bonds is 10. The van der Waals surface area contributed by atoms with Gasteiger partial charge >= 0.3 is 0 Å². The van der Waals surface area contributed by atoms with Crippen molar-refractivity contribution in [3.8, 4) is 5.75 Å². The summed E-state index contributed by atoms with van der Waals surface area (Å²) >= 11 is 12.2. The molecule has 0 fully saturated rings. The van der Waals surface area contributed by atoms with Gasteiger partial charge in [0.1, 0.15) is 11.8 Å². The molecule has 0 aliphatic rings. The Kier molecular flexibility index (Phi) is 9.85. The van der Waals surface area contributed by atoms with Gasteiger partial charge in [-0.3, -0.25) is 9.59 Å². The van der Waals surface area contributed by atoms with Crippen LogP contribution in [-0.2, 0) is 16.1 Å². The van der Waals surface area contributed by atoms with Gasteiger partial charge < -0.3 is 15.0 Å². The summed E-state index contributed by atoms with van der Waals surface area (Å²) in [7, 11) is 0. The highest BCUT2D eigenvalue weighted by atomic mass is 35.5. The van der Waals surface area contributed by atoms with E-state index in [4.69, 9.17) is 27.9 Å². The molecule has 0 heterocycles. The molecule has 0 aliphatic carbocycles. The lowest BCUT2D eigenvalue weighted by Gasteiger charge is -2.31. The molecule has 0 saturated carbocycles. The highest BCUT2D eigenvalue weighted by Gasteiger charge is 2.29. The predicted molar refractivity (Wildman–Crippen MR) is 130 cm³/mol. The average molecular weight is 479 g/mol. The molecule has 2 atom stereocenters. The zero-order chi connectivity index (χ0) is 23.8. The number of carbonyl (C=O) groups is 2. The molecule has 174 valence electrons. The normalized spacial score (nSPS) is 12.7. The lowest BCUT2D eigenvalue weighted by molar-refractivity contribution is -0.143. The van der Waals surface area contributed by atoms with E-state index in [0.717, 1.165) is 23.1 Å². The first kappa shape index (κ1) is 26.0. The monoisotopic (exact) mass is 478 g/mol. The summed E-state index contributed by atoms with van der Waals surface area (Å²) in [6.45, 7) is 9.74. The Bertz CT molecular complexity index is 908. The minimum Gasteiger partial charge on any atom is -0.484 e. The van der Waals surface area contributed by atoms with Crippen LogP contribution in [0.15, 0.2) is 36.4 Å². The number of aryl methyl sites for hydroxylation is 2. The second kappa shape index (κ2) is 12.1. The Hall–Kier alpha value is -2.24. The number of hydrogen-bond acceptors (Lipinski definition) is 3. The second-order valence-electron chi connectivity index (χ2n) is 8.05. The fraction of sp³-hybridized carbons (Fsp3) is 0.440. The third kappa shape index (κ3) is 7.14. The van der Waals surface area contributed by atoms with E-state index in [2.05, 4.69) is 5.32 Å². The summed E-state index contributed by atoms with van der Waals surface area (Å²) in [5, 5.41) is 4.29. The van der Waals surface area contributed by atoms with Gasteiger partial charge in [-0.1, -0.05) is 49.2 Å². The molecule has 2 aromatic carbocycles. The zero-order valence-corrected chi connectivity index (χ0v) is 20.9. The van der Waals surface area contributed by atoms with Crippen LogP contribution in [0.1, 0.15) is 50.3 Å². The Labute approximate surface area is 201 Å². The minimum absolute atomic E-state index is 0.0281. The number of amides is 2. The maximum atomic E-state index is 13.3. The number of nitrogens with one attached hydrogen (secondary N) is 1. The quantitative estimate of drug-likeness (QED) is 0.475. The van der Waals surface area contributed by atoms with Crippen LogP contribution in [0, 0.1) is 13.8 Å². The minimum atomic E-state index is -0.607. The molecule has 0 bridgehead atoms. The molecular weight excluding hydrogens is 447 g/mol. The maximum absolute atomic E-state index is 13.3. The van der Waals surface area contributed by atoms with Gasteiger partial charge in [-0.25, -0.2) is 0 Å². The summed E-state index contributed by atoms with van der Waals surface area (Å²) in [4.78, 5) is 27.8. The number of benzene rings is 2. The molecule has 2 rings (SSSR count). The summed E-state index contributed by atoms with van der Waals surface area (Å²) in [5.74, 6) is 0.139. The summed E-state index contributed by atoms with van der Waals surface area (Å²) in [6.07, 6.45) is 1.30. The van der Waals surface area contributed by atoms with E-state index >= 15 is 0 Å². The van der Waals surface area contributed by atoms with E-state index in [0.29, 0.717) is 22.2 Å². The van der Waals surface area contributed by atoms with E-state index in [-0.39, 0.29) is 31.0 Å². The SMILES string of the molecule is CC[C@@H](C)NC(=O)[C@@H](CC)N(Cc1ccc(Cl)cc1)C(=O)COc1cc(C)c(Cl)c(C)c1. The largest absolute Gasteiger partial charge is 0.484 e. The van der Waals surface area contributed by atoms with Crippen LogP contribution < -0.4 is 10.1 Å². The molecule has 0 aliphatic heterocycles. The molecule has 7 heteroatoms. The predicted octanol–water partition coefficient (Wildman–Crippen LogP) is 5.71. The van der Waals surface area contributed by atoms with Crippen LogP contribution in [0.3, 0.4) is 0 Å². The van der Waals surface area contributed by atoms with E-state index in [1.54, 1.807) is 29.2 Å². The van der Waals surface area contributed by atoms with E-state index in [9.17, 15) is 9.59 Å². The summed E-state index contributed by atoms with van der Waals surface area (Å²) < 4.78 is 5.80. The lowest BCUT2D eigenvalue weighted by atomic mass is 10.1. The Morgan fingerprint density at radius 3 is 2.16 bits per heavy atom. The van der Waals surface area contributed by atoms with Crippen molar-refractivity contribution in [1.82, 2.24) is 10.2 Å². The first-order valence-electron chi connectivity index (χ1n) is 10.9. The molecule has 2 aromatic rings. The number of hydrogen-bond donors (Lipinski definition) is 1. The van der Waals surface area contributed by atoms with Crippen LogP contribution in [0.4, 0.5) is 0 Å². The fourth-order valence-electron chi connectivity index (χ4n) is 3.36.